The fraction of sp³-hybridized carbons (Fsp3) is 0.308. The molecule has 1 heterocycles. The van der Waals surface area contributed by atoms with E-state index >= 15 is 0 Å². The lowest BCUT2D eigenvalue weighted by Gasteiger charge is -2.09. The number of hydrogen-bond donors (Lipinski definition) is 1. The summed E-state index contributed by atoms with van der Waals surface area (Å²) in [6.45, 7) is 2.25. The number of carboxylic acid groups (broad SMARTS) is 1. The molecular weight excluding hydrogens is 246 g/mol. The first-order valence-electron chi connectivity index (χ1n) is 5.84. The standard InChI is InChI=1S/C13H15N3O3/c1-9-3-5-10(6-4-9)13-15-14-11(19-13)7-16(2)8-12(17)18/h3-6H,7-8H2,1-2H3,(H,17,18). The molecule has 19 heavy (non-hydrogen) atoms. The third kappa shape index (κ3) is 3.62. The topological polar surface area (TPSA) is 79.5 Å². The molecule has 0 saturated heterocycles. The van der Waals surface area contributed by atoms with Gasteiger partial charge in [-0.3, -0.25) is 9.69 Å². The molecule has 0 unspecified atom stereocenters. The van der Waals surface area contributed by atoms with E-state index < -0.39 is 5.97 Å². The molecule has 1 N–H and O–H groups in total. The molecule has 6 heteroatoms. The zero-order valence-corrected chi connectivity index (χ0v) is 10.8. The van der Waals surface area contributed by atoms with E-state index in [1.54, 1.807) is 11.9 Å². The Morgan fingerprint density at radius 3 is 2.63 bits per heavy atom. The van der Waals surface area contributed by atoms with Gasteiger partial charge in [0, 0.05) is 5.56 Å². The second kappa shape index (κ2) is 5.62. The third-order valence-corrected chi connectivity index (χ3v) is 2.58. The zero-order chi connectivity index (χ0) is 13.8. The molecule has 0 aliphatic rings. The highest BCUT2D eigenvalue weighted by molar-refractivity contribution is 5.68. The van der Waals surface area contributed by atoms with Crippen molar-refractivity contribution in [3.8, 4) is 11.5 Å². The first kappa shape index (κ1) is 13.2. The maximum atomic E-state index is 10.6. The molecule has 2 rings (SSSR count). The number of hydrogen-bond acceptors (Lipinski definition) is 5. The lowest BCUT2D eigenvalue weighted by Crippen LogP contribution is -2.25. The molecule has 0 spiro atoms. The van der Waals surface area contributed by atoms with E-state index in [2.05, 4.69) is 10.2 Å². The normalized spacial score (nSPS) is 10.9. The minimum absolute atomic E-state index is 0.0672. The van der Waals surface area contributed by atoms with Crippen LogP contribution in [0.2, 0.25) is 0 Å². The van der Waals surface area contributed by atoms with Crippen LogP contribution in [0.5, 0.6) is 0 Å². The Morgan fingerprint density at radius 2 is 2.00 bits per heavy atom. The van der Waals surface area contributed by atoms with E-state index in [0.29, 0.717) is 18.3 Å². The van der Waals surface area contributed by atoms with Gasteiger partial charge in [0.25, 0.3) is 0 Å². The van der Waals surface area contributed by atoms with Crippen LogP contribution in [-0.2, 0) is 11.3 Å². The van der Waals surface area contributed by atoms with Gasteiger partial charge in [-0.2, -0.15) is 0 Å². The van der Waals surface area contributed by atoms with Crippen molar-refractivity contribution in [3.05, 3.63) is 35.7 Å². The fourth-order valence-electron chi connectivity index (χ4n) is 1.65. The van der Waals surface area contributed by atoms with Gasteiger partial charge in [0.05, 0.1) is 13.1 Å². The fourth-order valence-corrected chi connectivity index (χ4v) is 1.65. The highest BCUT2D eigenvalue weighted by Gasteiger charge is 2.12. The molecule has 0 atom stereocenters. The molecule has 0 radical (unpaired) electrons. The van der Waals surface area contributed by atoms with E-state index in [4.69, 9.17) is 9.52 Å². The monoisotopic (exact) mass is 261 g/mol. The minimum atomic E-state index is -0.888. The molecule has 0 bridgehead atoms. The molecule has 0 aliphatic carbocycles. The summed E-state index contributed by atoms with van der Waals surface area (Å²) in [6, 6.07) is 7.76. The summed E-state index contributed by atoms with van der Waals surface area (Å²) >= 11 is 0. The molecule has 6 nitrogen and oxygen atoms in total. The van der Waals surface area contributed by atoms with Gasteiger partial charge < -0.3 is 9.52 Å². The van der Waals surface area contributed by atoms with Gasteiger partial charge in [-0.1, -0.05) is 17.7 Å². The lowest BCUT2D eigenvalue weighted by atomic mass is 10.1. The summed E-state index contributed by atoms with van der Waals surface area (Å²) in [6.07, 6.45) is 0. The zero-order valence-electron chi connectivity index (χ0n) is 10.8. The largest absolute Gasteiger partial charge is 0.480 e. The molecule has 2 aromatic rings. The van der Waals surface area contributed by atoms with Crippen molar-refractivity contribution in [1.82, 2.24) is 15.1 Å². The van der Waals surface area contributed by atoms with E-state index in [0.717, 1.165) is 11.1 Å². The Balaban J connectivity index is 2.06. The number of nitrogens with zero attached hydrogens (tertiary/aromatic N) is 3. The van der Waals surface area contributed by atoms with Crippen LogP contribution in [-0.4, -0.2) is 39.8 Å². The Bertz CT molecular complexity index is 563. The number of likely N-dealkylation sites (N-methyl/N-ethyl adjacent to an activating group) is 1. The molecule has 1 aromatic heterocycles. The van der Waals surface area contributed by atoms with Crippen LogP contribution < -0.4 is 0 Å². The Morgan fingerprint density at radius 1 is 1.32 bits per heavy atom. The van der Waals surface area contributed by atoms with Crippen molar-refractivity contribution >= 4 is 5.97 Å². The van der Waals surface area contributed by atoms with E-state index in [1.165, 1.54) is 0 Å². The summed E-state index contributed by atoms with van der Waals surface area (Å²) in [5.41, 5.74) is 2.01. The number of benzene rings is 1. The average molecular weight is 261 g/mol. The van der Waals surface area contributed by atoms with Gasteiger partial charge in [0.1, 0.15) is 0 Å². The summed E-state index contributed by atoms with van der Waals surface area (Å²) < 4.78 is 5.50. The van der Waals surface area contributed by atoms with Gasteiger partial charge in [0.15, 0.2) is 0 Å². The number of aliphatic carboxylic acids is 1. The number of aryl methyl sites for hydroxylation is 1. The summed E-state index contributed by atoms with van der Waals surface area (Å²) in [5, 5.41) is 16.5. The Labute approximate surface area is 110 Å². The summed E-state index contributed by atoms with van der Waals surface area (Å²) in [4.78, 5) is 12.1. The second-order valence-corrected chi connectivity index (χ2v) is 4.43. The van der Waals surface area contributed by atoms with Crippen LogP contribution in [0.15, 0.2) is 28.7 Å². The molecule has 0 saturated carbocycles. The summed E-state index contributed by atoms with van der Waals surface area (Å²) in [7, 11) is 1.68. The molecule has 0 aliphatic heterocycles. The van der Waals surface area contributed by atoms with Crippen molar-refractivity contribution in [2.75, 3.05) is 13.6 Å². The van der Waals surface area contributed by atoms with Crippen molar-refractivity contribution in [1.29, 1.82) is 0 Å². The van der Waals surface area contributed by atoms with Gasteiger partial charge in [-0.15, -0.1) is 10.2 Å². The van der Waals surface area contributed by atoms with Crippen LogP contribution in [0.4, 0.5) is 0 Å². The maximum absolute atomic E-state index is 10.6. The third-order valence-electron chi connectivity index (χ3n) is 2.58. The first-order valence-corrected chi connectivity index (χ1v) is 5.84. The SMILES string of the molecule is Cc1ccc(-c2nnc(CN(C)CC(=O)O)o2)cc1. The van der Waals surface area contributed by atoms with E-state index in [-0.39, 0.29) is 6.54 Å². The highest BCUT2D eigenvalue weighted by atomic mass is 16.4. The van der Waals surface area contributed by atoms with E-state index in [9.17, 15) is 4.79 Å². The van der Waals surface area contributed by atoms with Crippen LogP contribution in [0, 0.1) is 6.92 Å². The van der Waals surface area contributed by atoms with Crippen LogP contribution in [0.3, 0.4) is 0 Å². The molecular formula is C13H15N3O3. The lowest BCUT2D eigenvalue weighted by molar-refractivity contribution is -0.138. The van der Waals surface area contributed by atoms with Crippen LogP contribution >= 0.6 is 0 Å². The molecule has 100 valence electrons. The average Bonchev–Trinajstić information content (AvgIpc) is 2.77. The smallest absolute Gasteiger partial charge is 0.317 e. The highest BCUT2D eigenvalue weighted by Crippen LogP contribution is 2.18. The quantitative estimate of drug-likeness (QED) is 0.879. The molecule has 1 aromatic carbocycles. The number of carbonyl (C=O) groups is 1. The maximum Gasteiger partial charge on any atom is 0.317 e. The number of rotatable bonds is 5. The molecule has 0 fully saturated rings. The van der Waals surface area contributed by atoms with Gasteiger partial charge in [0.2, 0.25) is 11.8 Å². The Hall–Kier alpha value is -2.21. The predicted octanol–water partition coefficient (Wildman–Crippen LogP) is 1.56. The van der Waals surface area contributed by atoms with Gasteiger partial charge >= 0.3 is 5.97 Å². The van der Waals surface area contributed by atoms with Crippen molar-refractivity contribution in [2.45, 2.75) is 13.5 Å². The summed E-state index contributed by atoms with van der Waals surface area (Å²) in [5.74, 6) is -0.0428. The van der Waals surface area contributed by atoms with Crippen molar-refractivity contribution < 1.29 is 14.3 Å². The van der Waals surface area contributed by atoms with Gasteiger partial charge in [-0.05, 0) is 26.1 Å². The number of aromatic nitrogens is 2. The Kier molecular flexibility index (Phi) is 3.91. The molecule has 0 amide bonds. The van der Waals surface area contributed by atoms with Gasteiger partial charge in [-0.25, -0.2) is 0 Å². The van der Waals surface area contributed by atoms with Crippen molar-refractivity contribution in [3.63, 3.8) is 0 Å². The second-order valence-electron chi connectivity index (χ2n) is 4.43. The predicted molar refractivity (Wildman–Crippen MR) is 68.4 cm³/mol. The minimum Gasteiger partial charge on any atom is -0.480 e. The van der Waals surface area contributed by atoms with Crippen molar-refractivity contribution in [2.24, 2.45) is 0 Å². The van der Waals surface area contributed by atoms with E-state index in [1.807, 2.05) is 31.2 Å². The van der Waals surface area contributed by atoms with Crippen LogP contribution in [0.25, 0.3) is 11.5 Å². The van der Waals surface area contributed by atoms with Crippen LogP contribution in [0.1, 0.15) is 11.5 Å². The first-order chi connectivity index (χ1) is 9.04. The number of carboxylic acids is 1.